The number of carbonyl (C=O) groups excluding carboxylic acids is 2. The smallest absolute Gasteiger partial charge is 0.283 e. The van der Waals surface area contributed by atoms with E-state index in [1.807, 2.05) is 4.90 Å². The van der Waals surface area contributed by atoms with E-state index in [4.69, 9.17) is 11.6 Å². The lowest BCUT2D eigenvalue weighted by Gasteiger charge is -2.35. The summed E-state index contributed by atoms with van der Waals surface area (Å²) in [6.07, 6.45) is -1.22. The van der Waals surface area contributed by atoms with Crippen LogP contribution in [0.1, 0.15) is 37.7 Å². The Morgan fingerprint density at radius 2 is 1.66 bits per heavy atom. The van der Waals surface area contributed by atoms with Gasteiger partial charge in [0.1, 0.15) is 0 Å². The fraction of sp³-hybridized carbons (Fsp3) is 0.600. The number of nitrogens with zero attached hydrogens (tertiary/aromatic N) is 3. The number of piperazine rings is 1. The molecule has 176 valence electrons. The molecule has 3 aliphatic rings. The second-order valence-corrected chi connectivity index (χ2v) is 10.9. The minimum Gasteiger partial charge on any atom is -0.283 e. The zero-order valence-electron chi connectivity index (χ0n) is 17.2. The summed E-state index contributed by atoms with van der Waals surface area (Å²) in [7, 11) is -4.15. The molecule has 3 fully saturated rings. The number of hydrogen-bond donors (Lipinski definition) is 0. The van der Waals surface area contributed by atoms with Crippen LogP contribution in [0.2, 0.25) is 5.02 Å². The van der Waals surface area contributed by atoms with E-state index in [9.17, 15) is 31.2 Å². The van der Waals surface area contributed by atoms with Gasteiger partial charge >= 0.3 is 6.18 Å². The highest BCUT2D eigenvalue weighted by Gasteiger charge is 2.52. The zero-order valence-corrected chi connectivity index (χ0v) is 18.8. The molecule has 0 radical (unpaired) electrons. The second kappa shape index (κ2) is 8.27. The molecule has 32 heavy (non-hydrogen) atoms. The van der Waals surface area contributed by atoms with Crippen molar-refractivity contribution in [1.29, 1.82) is 0 Å². The van der Waals surface area contributed by atoms with Crippen LogP contribution in [-0.2, 0) is 25.8 Å². The first-order chi connectivity index (χ1) is 14.9. The van der Waals surface area contributed by atoms with Gasteiger partial charge in [-0.25, -0.2) is 8.42 Å². The van der Waals surface area contributed by atoms with Gasteiger partial charge < -0.3 is 0 Å². The topological polar surface area (TPSA) is 78.0 Å². The van der Waals surface area contributed by atoms with Crippen molar-refractivity contribution in [2.24, 2.45) is 5.41 Å². The minimum atomic E-state index is -4.77. The fourth-order valence-electron chi connectivity index (χ4n) is 4.79. The Bertz CT molecular complexity index is 1030. The van der Waals surface area contributed by atoms with E-state index < -0.39 is 37.1 Å². The number of sulfonamides is 1. The van der Waals surface area contributed by atoms with Crippen molar-refractivity contribution in [2.75, 3.05) is 32.8 Å². The van der Waals surface area contributed by atoms with E-state index in [0.29, 0.717) is 6.07 Å². The fourth-order valence-corrected chi connectivity index (χ4v) is 6.46. The Morgan fingerprint density at radius 3 is 2.25 bits per heavy atom. The minimum absolute atomic E-state index is 0.0354. The molecule has 12 heteroatoms. The SMILES string of the molecule is O=C1CC2(CCCC2)C(=O)N1CN1CCN(S(=O)(=O)c2ccc(Cl)c(C(F)(F)F)c2)CC1. The Labute approximate surface area is 189 Å². The van der Waals surface area contributed by atoms with Crippen LogP contribution in [0.15, 0.2) is 23.1 Å². The van der Waals surface area contributed by atoms with E-state index in [1.165, 1.54) is 4.90 Å². The molecule has 0 bridgehead atoms. The van der Waals surface area contributed by atoms with E-state index in [-0.39, 0.29) is 51.1 Å². The van der Waals surface area contributed by atoms with Crippen LogP contribution in [0.25, 0.3) is 0 Å². The largest absolute Gasteiger partial charge is 0.417 e. The van der Waals surface area contributed by atoms with Crippen molar-refractivity contribution in [3.8, 4) is 0 Å². The van der Waals surface area contributed by atoms with Crippen molar-refractivity contribution in [1.82, 2.24) is 14.1 Å². The first-order valence-corrected chi connectivity index (χ1v) is 12.2. The van der Waals surface area contributed by atoms with E-state index in [2.05, 4.69) is 0 Å². The number of likely N-dealkylation sites (tertiary alicyclic amines) is 1. The van der Waals surface area contributed by atoms with Gasteiger partial charge in [-0.3, -0.25) is 19.4 Å². The van der Waals surface area contributed by atoms with Crippen molar-refractivity contribution < 1.29 is 31.2 Å². The molecule has 2 heterocycles. The van der Waals surface area contributed by atoms with Crippen LogP contribution in [0.5, 0.6) is 0 Å². The van der Waals surface area contributed by atoms with Crippen molar-refractivity contribution in [3.63, 3.8) is 0 Å². The average molecular weight is 494 g/mol. The first-order valence-electron chi connectivity index (χ1n) is 10.4. The molecule has 1 aromatic carbocycles. The molecule has 7 nitrogen and oxygen atoms in total. The number of rotatable bonds is 4. The molecule has 2 amide bonds. The molecule has 0 atom stereocenters. The van der Waals surface area contributed by atoms with E-state index in [0.717, 1.165) is 42.1 Å². The molecule has 4 rings (SSSR count). The molecule has 1 spiro atoms. The number of amides is 2. The van der Waals surface area contributed by atoms with Crippen molar-refractivity contribution in [2.45, 2.75) is 43.2 Å². The number of carbonyl (C=O) groups is 2. The number of benzene rings is 1. The normalized spacial score (nSPS) is 22.9. The van der Waals surface area contributed by atoms with E-state index in [1.54, 1.807) is 0 Å². The quantitative estimate of drug-likeness (QED) is 0.603. The second-order valence-electron chi connectivity index (χ2n) is 8.59. The van der Waals surface area contributed by atoms with Crippen LogP contribution in [-0.4, -0.2) is 67.2 Å². The molecule has 2 aliphatic heterocycles. The molecular weight excluding hydrogens is 471 g/mol. The predicted molar refractivity (Wildman–Crippen MR) is 109 cm³/mol. The lowest BCUT2D eigenvalue weighted by Crippen LogP contribution is -2.52. The van der Waals surface area contributed by atoms with Crippen LogP contribution >= 0.6 is 11.6 Å². The maximum Gasteiger partial charge on any atom is 0.417 e. The predicted octanol–water partition coefficient (Wildman–Crippen LogP) is 2.94. The molecule has 0 N–H and O–H groups in total. The lowest BCUT2D eigenvalue weighted by atomic mass is 9.85. The Hall–Kier alpha value is -1.69. The third kappa shape index (κ3) is 4.15. The summed E-state index contributed by atoms with van der Waals surface area (Å²) in [6, 6.07) is 2.53. The molecule has 1 aromatic rings. The summed E-state index contributed by atoms with van der Waals surface area (Å²) in [5.41, 5.74) is -1.77. The highest BCUT2D eigenvalue weighted by atomic mass is 35.5. The highest BCUT2D eigenvalue weighted by Crippen LogP contribution is 2.46. The number of alkyl halides is 3. The summed E-state index contributed by atoms with van der Waals surface area (Å²) in [4.78, 5) is 27.9. The van der Waals surface area contributed by atoms with Gasteiger partial charge in [0.15, 0.2) is 0 Å². The van der Waals surface area contributed by atoms with Crippen molar-refractivity contribution >= 4 is 33.4 Å². The van der Waals surface area contributed by atoms with Gasteiger partial charge in [-0.05, 0) is 31.0 Å². The van der Waals surface area contributed by atoms with Gasteiger partial charge in [0, 0.05) is 32.6 Å². The van der Waals surface area contributed by atoms with Crippen LogP contribution in [0.4, 0.5) is 13.2 Å². The van der Waals surface area contributed by atoms with Gasteiger partial charge in [-0.15, -0.1) is 0 Å². The van der Waals surface area contributed by atoms with Gasteiger partial charge in [0.25, 0.3) is 0 Å². The van der Waals surface area contributed by atoms with Gasteiger partial charge in [0.2, 0.25) is 21.8 Å². The summed E-state index contributed by atoms with van der Waals surface area (Å²) in [6.45, 7) is 0.680. The summed E-state index contributed by atoms with van der Waals surface area (Å²) in [5, 5.41) is -0.568. The number of halogens is 4. The zero-order chi connectivity index (χ0) is 23.3. The Morgan fingerprint density at radius 1 is 1.03 bits per heavy atom. The van der Waals surface area contributed by atoms with E-state index >= 15 is 0 Å². The Kier molecular flexibility index (Phi) is 6.06. The summed E-state index contributed by atoms with van der Waals surface area (Å²) in [5.74, 6) is -0.344. The van der Waals surface area contributed by atoms with Gasteiger partial charge in [-0.1, -0.05) is 24.4 Å². The number of hydrogen-bond acceptors (Lipinski definition) is 5. The van der Waals surface area contributed by atoms with Gasteiger partial charge in [0.05, 0.1) is 27.6 Å². The van der Waals surface area contributed by atoms with Crippen molar-refractivity contribution in [3.05, 3.63) is 28.8 Å². The molecule has 1 aliphatic carbocycles. The lowest BCUT2D eigenvalue weighted by molar-refractivity contribution is -0.144. The standard InChI is InChI=1S/C20H23ClF3N3O4S/c21-16-4-3-14(11-15(16)20(22,23)24)32(30,31)26-9-7-25(8-10-26)13-27-17(28)12-19(18(27)29)5-1-2-6-19/h3-4,11H,1-2,5-10,12-13H2. The summed E-state index contributed by atoms with van der Waals surface area (Å²) < 4.78 is 66.2. The maximum absolute atomic E-state index is 13.1. The molecule has 0 aromatic heterocycles. The first kappa shape index (κ1) is 23.5. The van der Waals surface area contributed by atoms with Gasteiger partial charge in [-0.2, -0.15) is 17.5 Å². The van der Waals surface area contributed by atoms with Crippen LogP contribution in [0.3, 0.4) is 0 Å². The van der Waals surface area contributed by atoms with Crippen LogP contribution in [0, 0.1) is 5.41 Å². The maximum atomic E-state index is 13.1. The third-order valence-corrected chi connectivity index (χ3v) is 8.83. The van der Waals surface area contributed by atoms with Crippen LogP contribution < -0.4 is 0 Å². The molecular formula is C20H23ClF3N3O4S. The number of imide groups is 1. The molecule has 1 saturated carbocycles. The Balaban J connectivity index is 1.42. The highest BCUT2D eigenvalue weighted by molar-refractivity contribution is 7.89. The molecule has 2 saturated heterocycles. The molecule has 0 unspecified atom stereocenters. The monoisotopic (exact) mass is 493 g/mol. The third-order valence-electron chi connectivity index (χ3n) is 6.60. The average Bonchev–Trinajstić information content (AvgIpc) is 3.28. The summed E-state index contributed by atoms with van der Waals surface area (Å²) >= 11 is 5.59.